The highest BCUT2D eigenvalue weighted by molar-refractivity contribution is 5.93. The van der Waals surface area contributed by atoms with Crippen molar-refractivity contribution in [2.75, 3.05) is 13.2 Å². The van der Waals surface area contributed by atoms with Gasteiger partial charge in [0.2, 0.25) is 0 Å². The fraction of sp³-hybridized carbons (Fsp3) is 0.615. The Kier molecular flexibility index (Phi) is 3.84. The molecular formula is C13H19NO3. The summed E-state index contributed by atoms with van der Waals surface area (Å²) in [4.78, 5) is 11.7. The van der Waals surface area contributed by atoms with E-state index in [1.807, 2.05) is 0 Å². The van der Waals surface area contributed by atoms with Crippen LogP contribution >= 0.6 is 0 Å². The van der Waals surface area contributed by atoms with E-state index in [-0.39, 0.29) is 12.0 Å². The number of hydrogen-bond acceptors (Lipinski definition) is 3. The zero-order valence-electron chi connectivity index (χ0n) is 10.3. The minimum absolute atomic E-state index is 0.0758. The van der Waals surface area contributed by atoms with Crippen molar-refractivity contribution in [2.45, 2.75) is 26.4 Å². The molecule has 2 heterocycles. The van der Waals surface area contributed by atoms with Crippen molar-refractivity contribution in [1.29, 1.82) is 0 Å². The lowest BCUT2D eigenvalue weighted by Crippen LogP contribution is -2.34. The molecule has 0 unspecified atom stereocenters. The number of carbonyl (C=O) groups excluding carboxylic acids is 1. The molecule has 4 heteroatoms. The molecule has 17 heavy (non-hydrogen) atoms. The van der Waals surface area contributed by atoms with Crippen molar-refractivity contribution in [3.05, 3.63) is 24.2 Å². The van der Waals surface area contributed by atoms with Crippen molar-refractivity contribution in [3.8, 4) is 0 Å². The Balaban J connectivity index is 1.84. The summed E-state index contributed by atoms with van der Waals surface area (Å²) in [6, 6.07) is 1.67. The van der Waals surface area contributed by atoms with Crippen LogP contribution in [0, 0.1) is 11.8 Å². The van der Waals surface area contributed by atoms with Crippen LogP contribution in [0.15, 0.2) is 23.0 Å². The molecule has 2 atom stereocenters. The molecule has 1 N–H and O–H groups in total. The molecular weight excluding hydrogens is 218 g/mol. The maximum absolute atomic E-state index is 11.7. The van der Waals surface area contributed by atoms with Crippen molar-refractivity contribution in [2.24, 2.45) is 11.8 Å². The number of nitrogens with one attached hydrogen (secondary N) is 1. The summed E-state index contributed by atoms with van der Waals surface area (Å²) in [5.74, 6) is 0.840. The van der Waals surface area contributed by atoms with Gasteiger partial charge in [-0.15, -0.1) is 0 Å². The van der Waals surface area contributed by atoms with Gasteiger partial charge in [0.15, 0.2) is 0 Å². The molecule has 0 aliphatic carbocycles. The number of rotatable bonds is 4. The monoisotopic (exact) mass is 237 g/mol. The van der Waals surface area contributed by atoms with Crippen LogP contribution in [-0.2, 0) is 4.74 Å². The van der Waals surface area contributed by atoms with Gasteiger partial charge in [-0.3, -0.25) is 4.79 Å². The van der Waals surface area contributed by atoms with Crippen molar-refractivity contribution >= 4 is 5.91 Å². The van der Waals surface area contributed by atoms with E-state index in [1.165, 1.54) is 12.5 Å². The topological polar surface area (TPSA) is 51.5 Å². The number of amides is 1. The zero-order chi connectivity index (χ0) is 12.3. The van der Waals surface area contributed by atoms with Crippen LogP contribution in [0.2, 0.25) is 0 Å². The molecule has 1 aliphatic rings. The first-order valence-corrected chi connectivity index (χ1v) is 6.10. The van der Waals surface area contributed by atoms with Crippen molar-refractivity contribution < 1.29 is 13.9 Å². The number of carbonyl (C=O) groups is 1. The third kappa shape index (κ3) is 2.88. The molecule has 0 spiro atoms. The molecule has 1 aromatic heterocycles. The average Bonchev–Trinajstić information content (AvgIpc) is 2.96. The van der Waals surface area contributed by atoms with E-state index in [0.29, 0.717) is 23.9 Å². The second-order valence-electron chi connectivity index (χ2n) is 4.85. The lowest BCUT2D eigenvalue weighted by Gasteiger charge is -2.22. The normalized spacial score (nSPS) is 24.2. The second kappa shape index (κ2) is 5.36. The summed E-state index contributed by atoms with van der Waals surface area (Å²) >= 11 is 0. The Labute approximate surface area is 101 Å². The maximum atomic E-state index is 11.7. The van der Waals surface area contributed by atoms with E-state index >= 15 is 0 Å². The fourth-order valence-corrected chi connectivity index (χ4v) is 2.33. The summed E-state index contributed by atoms with van der Waals surface area (Å²) in [5.41, 5.74) is 0.574. The highest BCUT2D eigenvalue weighted by Crippen LogP contribution is 2.26. The molecule has 0 radical (unpaired) electrons. The summed E-state index contributed by atoms with van der Waals surface area (Å²) in [5, 5.41) is 2.93. The standard InChI is InChI=1S/C13H19NO3/c1-9(2)12-10(4-6-17-12)7-14-13(15)11-3-5-16-8-11/h3,5,8-10,12H,4,6-7H2,1-2H3,(H,14,15)/t10-,12-/m0/s1. The first-order chi connectivity index (χ1) is 8.18. The molecule has 1 aromatic rings. The molecule has 4 nitrogen and oxygen atoms in total. The number of ether oxygens (including phenoxy) is 1. The van der Waals surface area contributed by atoms with E-state index in [0.717, 1.165) is 13.0 Å². The predicted octanol–water partition coefficient (Wildman–Crippen LogP) is 2.07. The molecule has 1 amide bonds. The van der Waals surface area contributed by atoms with Crippen LogP contribution in [0.4, 0.5) is 0 Å². The molecule has 0 aromatic carbocycles. The predicted molar refractivity (Wildman–Crippen MR) is 63.7 cm³/mol. The van der Waals surface area contributed by atoms with E-state index in [2.05, 4.69) is 19.2 Å². The van der Waals surface area contributed by atoms with Crippen LogP contribution in [0.25, 0.3) is 0 Å². The number of hydrogen-bond donors (Lipinski definition) is 1. The molecule has 1 aliphatic heterocycles. The van der Waals surface area contributed by atoms with Crippen LogP contribution in [0.1, 0.15) is 30.6 Å². The van der Waals surface area contributed by atoms with Crippen molar-refractivity contribution in [1.82, 2.24) is 5.32 Å². The third-order valence-electron chi connectivity index (χ3n) is 3.23. The highest BCUT2D eigenvalue weighted by Gasteiger charge is 2.30. The molecule has 0 bridgehead atoms. The minimum atomic E-state index is -0.0758. The highest BCUT2D eigenvalue weighted by atomic mass is 16.5. The van der Waals surface area contributed by atoms with Gasteiger partial charge in [0.25, 0.3) is 5.91 Å². The largest absolute Gasteiger partial charge is 0.472 e. The van der Waals surface area contributed by atoms with Gasteiger partial charge in [-0.05, 0) is 18.4 Å². The van der Waals surface area contributed by atoms with Crippen LogP contribution in [-0.4, -0.2) is 25.2 Å². The average molecular weight is 237 g/mol. The van der Waals surface area contributed by atoms with Gasteiger partial charge in [-0.25, -0.2) is 0 Å². The van der Waals surface area contributed by atoms with E-state index in [4.69, 9.17) is 9.15 Å². The Hall–Kier alpha value is -1.29. The second-order valence-corrected chi connectivity index (χ2v) is 4.85. The van der Waals surface area contributed by atoms with E-state index in [9.17, 15) is 4.79 Å². The van der Waals surface area contributed by atoms with Crippen LogP contribution < -0.4 is 5.32 Å². The van der Waals surface area contributed by atoms with E-state index < -0.39 is 0 Å². The SMILES string of the molecule is CC(C)[C@@H]1OCC[C@H]1CNC(=O)c1ccoc1. The molecule has 1 fully saturated rings. The zero-order valence-corrected chi connectivity index (χ0v) is 10.3. The maximum Gasteiger partial charge on any atom is 0.254 e. The number of furan rings is 1. The smallest absolute Gasteiger partial charge is 0.254 e. The van der Waals surface area contributed by atoms with E-state index in [1.54, 1.807) is 6.07 Å². The molecule has 2 rings (SSSR count). The summed E-state index contributed by atoms with van der Waals surface area (Å²) in [7, 11) is 0. The van der Waals surface area contributed by atoms with Gasteiger partial charge in [-0.1, -0.05) is 13.8 Å². The lowest BCUT2D eigenvalue weighted by atomic mass is 9.93. The third-order valence-corrected chi connectivity index (χ3v) is 3.23. The molecule has 94 valence electrons. The van der Waals surface area contributed by atoms with Gasteiger partial charge in [0.05, 0.1) is 17.9 Å². The van der Waals surface area contributed by atoms with Gasteiger partial charge in [0, 0.05) is 19.1 Å². The molecule has 0 saturated carbocycles. The van der Waals surface area contributed by atoms with Gasteiger partial charge >= 0.3 is 0 Å². The van der Waals surface area contributed by atoms with Gasteiger partial charge in [0.1, 0.15) is 6.26 Å². The first kappa shape index (κ1) is 12.2. The Morgan fingerprint density at radius 3 is 3.06 bits per heavy atom. The summed E-state index contributed by atoms with van der Waals surface area (Å²) in [6.45, 7) is 5.78. The Bertz CT molecular complexity index is 359. The fourth-order valence-electron chi connectivity index (χ4n) is 2.33. The van der Waals surface area contributed by atoms with Gasteiger partial charge < -0.3 is 14.5 Å². The van der Waals surface area contributed by atoms with Gasteiger partial charge in [-0.2, -0.15) is 0 Å². The van der Waals surface area contributed by atoms with Crippen molar-refractivity contribution in [3.63, 3.8) is 0 Å². The van der Waals surface area contributed by atoms with Crippen LogP contribution in [0.3, 0.4) is 0 Å². The lowest BCUT2D eigenvalue weighted by molar-refractivity contribution is 0.0533. The summed E-state index contributed by atoms with van der Waals surface area (Å²) in [6.07, 6.45) is 4.25. The molecule has 1 saturated heterocycles. The quantitative estimate of drug-likeness (QED) is 0.872. The Morgan fingerprint density at radius 2 is 2.41 bits per heavy atom. The van der Waals surface area contributed by atoms with Crippen LogP contribution in [0.5, 0.6) is 0 Å². The first-order valence-electron chi connectivity index (χ1n) is 6.10. The summed E-state index contributed by atoms with van der Waals surface area (Å²) < 4.78 is 10.6. The Morgan fingerprint density at radius 1 is 1.59 bits per heavy atom. The minimum Gasteiger partial charge on any atom is -0.472 e.